The minimum Gasteiger partial charge on any atom is -0.456 e. The molecule has 9 heteroatoms. The van der Waals surface area contributed by atoms with Gasteiger partial charge in [-0.05, 0) is 171 Å². The Bertz CT molecular complexity index is 10100. The predicted molar refractivity (Wildman–Crippen MR) is 593 cm³/mol. The van der Waals surface area contributed by atoms with Gasteiger partial charge in [-0.25, -0.2) is 29.9 Å². The van der Waals surface area contributed by atoms with Crippen molar-refractivity contribution in [3.63, 3.8) is 0 Å². The van der Waals surface area contributed by atoms with Crippen LogP contribution in [0, 0.1) is 0 Å². The van der Waals surface area contributed by atoms with Crippen molar-refractivity contribution in [2.24, 2.45) is 0 Å². The van der Waals surface area contributed by atoms with Crippen molar-refractivity contribution < 1.29 is 13.3 Å². The second-order valence-electron chi connectivity index (χ2n) is 36.4. The number of aromatic nitrogens is 6. The molecule has 0 atom stereocenters. The number of nitrogens with zero attached hydrogens (tertiary/aromatic N) is 6. The Morgan fingerprint density at radius 3 is 0.874 bits per heavy atom. The second kappa shape index (κ2) is 35.1. The summed E-state index contributed by atoms with van der Waals surface area (Å²) >= 11 is 0. The lowest BCUT2D eigenvalue weighted by Gasteiger charge is -2.16. The summed E-state index contributed by atoms with van der Waals surface area (Å²) in [5.41, 5.74) is 36.4. The maximum absolute atomic E-state index is 6.27. The number of rotatable bonds is 12. The van der Waals surface area contributed by atoms with Gasteiger partial charge in [0, 0.05) is 81.9 Å². The van der Waals surface area contributed by atoms with Crippen LogP contribution in [0.2, 0.25) is 0 Å². The normalized spacial score (nSPS) is 11.6. The summed E-state index contributed by atoms with van der Waals surface area (Å²) in [6, 6.07) is 174. The molecule has 29 aromatic rings. The van der Waals surface area contributed by atoms with E-state index < -0.39 is 0 Å². The first-order valence-corrected chi connectivity index (χ1v) is 48.3. The van der Waals surface area contributed by atoms with Crippen LogP contribution < -0.4 is 0 Å². The van der Waals surface area contributed by atoms with E-state index in [0.29, 0.717) is 0 Å². The molecule has 0 aliphatic heterocycles. The lowest BCUT2D eigenvalue weighted by atomic mass is 9.89. The summed E-state index contributed by atoms with van der Waals surface area (Å²) in [5, 5.41) is 18.3. The minimum atomic E-state index is 0.871. The molecule has 0 aliphatic carbocycles. The van der Waals surface area contributed by atoms with Crippen LogP contribution in [0.3, 0.4) is 0 Å². The Morgan fingerprint density at radius 1 is 0.126 bits per heavy atom. The molecule has 0 saturated heterocycles. The Balaban J connectivity index is 0.000000107. The van der Waals surface area contributed by atoms with Gasteiger partial charge in [0.25, 0.3) is 0 Å². The highest BCUT2D eigenvalue weighted by Crippen LogP contribution is 2.49. The minimum absolute atomic E-state index is 0.871. The van der Waals surface area contributed by atoms with E-state index >= 15 is 0 Å². The van der Waals surface area contributed by atoms with Gasteiger partial charge in [-0.1, -0.05) is 431 Å². The smallest absolute Gasteiger partial charge is 0.136 e. The van der Waals surface area contributed by atoms with Gasteiger partial charge in [0.2, 0.25) is 0 Å². The van der Waals surface area contributed by atoms with E-state index in [1.807, 2.05) is 84.9 Å². The summed E-state index contributed by atoms with van der Waals surface area (Å²) in [6.45, 7) is 0. The number of para-hydroxylation sites is 3. The highest BCUT2D eigenvalue weighted by atomic mass is 16.3. The van der Waals surface area contributed by atoms with Crippen LogP contribution in [-0.2, 0) is 0 Å². The average molecular weight is 1820 g/mol. The molecule has 0 spiro atoms. The molecule has 143 heavy (non-hydrogen) atoms. The van der Waals surface area contributed by atoms with Crippen molar-refractivity contribution in [1.82, 2.24) is 29.9 Å². The Hall–Kier alpha value is -19.2. The molecule has 0 fully saturated rings. The van der Waals surface area contributed by atoms with Crippen LogP contribution in [0.5, 0.6) is 0 Å². The first-order valence-electron chi connectivity index (χ1n) is 48.3. The van der Waals surface area contributed by atoms with E-state index in [1.54, 1.807) is 0 Å². The lowest BCUT2D eigenvalue weighted by Crippen LogP contribution is -1.97. The molecular formula is C134H82N6O3. The maximum Gasteiger partial charge on any atom is 0.136 e. The second-order valence-corrected chi connectivity index (χ2v) is 36.4. The SMILES string of the molecule is c1ccc(-c2nc3c(ccc4c(-c5ccccc5-c5cccc6oc7ccccc7c56)cccc43)nc2-c2ccc3ccccc3c2)cc1.c1ccc(-c2nc3ccc4c(-c5ccc(-c6cccc7oc8ccccc8c67)c6ccccc56)cccc4c3nc2-c2ccccc2)cc1.c1ccc(-c2nc3ccc4cc(-c5ccc(-c6cccc7oc8ccccc8c67)cc5)ccc4c3nc2-c2ccccc2)cc1. The molecular weight excluding hydrogens is 1740 g/mol. The summed E-state index contributed by atoms with van der Waals surface area (Å²) < 4.78 is 18.7. The van der Waals surface area contributed by atoms with Gasteiger partial charge < -0.3 is 13.3 Å². The number of furan rings is 3. The van der Waals surface area contributed by atoms with Gasteiger partial charge in [0.15, 0.2) is 0 Å². The van der Waals surface area contributed by atoms with Gasteiger partial charge in [-0.15, -0.1) is 0 Å². The van der Waals surface area contributed by atoms with Crippen LogP contribution >= 0.6 is 0 Å². The number of benzene rings is 23. The Labute approximate surface area is 821 Å². The van der Waals surface area contributed by atoms with Crippen molar-refractivity contribution in [3.05, 3.63) is 497 Å². The van der Waals surface area contributed by atoms with Gasteiger partial charge >= 0.3 is 0 Å². The van der Waals surface area contributed by atoms with E-state index in [9.17, 15) is 0 Å². The third-order valence-corrected chi connectivity index (χ3v) is 28.0. The molecule has 666 valence electrons. The monoisotopic (exact) mass is 1820 g/mol. The highest BCUT2D eigenvalue weighted by Gasteiger charge is 2.26. The molecule has 0 unspecified atom stereocenters. The van der Waals surface area contributed by atoms with Crippen LogP contribution in [0.15, 0.2) is 511 Å². The molecule has 23 aromatic carbocycles. The fourth-order valence-corrected chi connectivity index (χ4v) is 21.4. The van der Waals surface area contributed by atoms with Crippen LogP contribution in [-0.4, -0.2) is 29.9 Å². The van der Waals surface area contributed by atoms with Gasteiger partial charge in [-0.2, -0.15) is 0 Å². The largest absolute Gasteiger partial charge is 0.456 e. The first-order chi connectivity index (χ1) is 70.9. The summed E-state index contributed by atoms with van der Waals surface area (Å²) in [4.78, 5) is 31.8. The molecule has 6 aromatic heterocycles. The molecule has 6 heterocycles. The summed E-state index contributed by atoms with van der Waals surface area (Å²) in [6.07, 6.45) is 0. The Morgan fingerprint density at radius 2 is 0.399 bits per heavy atom. The summed E-state index contributed by atoms with van der Waals surface area (Å²) in [5.74, 6) is 0. The lowest BCUT2D eigenvalue weighted by molar-refractivity contribution is 0.668. The van der Waals surface area contributed by atoms with E-state index in [2.05, 4.69) is 413 Å². The van der Waals surface area contributed by atoms with Gasteiger partial charge in [-0.3, -0.25) is 0 Å². The molecule has 0 saturated carbocycles. The number of hydrogen-bond donors (Lipinski definition) is 0. The van der Waals surface area contributed by atoms with E-state index in [4.69, 9.17) is 43.2 Å². The molecule has 0 amide bonds. The van der Waals surface area contributed by atoms with E-state index in [1.165, 1.54) is 60.5 Å². The molecule has 0 bridgehead atoms. The van der Waals surface area contributed by atoms with Crippen LogP contribution in [0.4, 0.5) is 0 Å². The Kier molecular flexibility index (Phi) is 20.4. The molecule has 0 aliphatic rings. The standard InChI is InChI=1S/2C46H28N2O.C42H26N2O/c1-3-13-29(14-4-1)44-45(30-15-5-2-6-16-30)48-46-38-22-11-20-33(36(38)27-28-40(46)47-44)34-25-26-35(32-18-8-7-17-31(32)34)37-21-12-24-42-43(37)39-19-9-10-23-41(39)49-42;1-2-13-30(14-3-1)44-45(32-25-24-29-12-4-5-15-31(29)28-32)47-40-27-26-36-34(19-10-21-38(36)46(40)48-44)33-16-6-7-17-35(33)37-20-11-23-42-43(37)39-18-8-9-22-41(39)49-42;1-3-10-29(11-4-1)40-41(30-12-5-2-6-13-30)44-42-34-24-22-31(26-32(34)23-25-36(42)43-40)27-18-20-28(21-19-27)33-15-9-17-38-39(33)35-14-7-8-16-37(35)45-38/h2*1-28H;1-26H. The van der Waals surface area contributed by atoms with Crippen LogP contribution in [0.1, 0.15) is 0 Å². The summed E-state index contributed by atoms with van der Waals surface area (Å²) in [7, 11) is 0. The molecule has 0 radical (unpaired) electrons. The topological polar surface area (TPSA) is 117 Å². The third kappa shape index (κ3) is 14.7. The van der Waals surface area contributed by atoms with Gasteiger partial charge in [0.05, 0.1) is 67.3 Å². The zero-order valence-electron chi connectivity index (χ0n) is 77.3. The predicted octanol–water partition coefficient (Wildman–Crippen LogP) is 36.4. The first kappa shape index (κ1) is 83.2. The van der Waals surface area contributed by atoms with Gasteiger partial charge in [0.1, 0.15) is 33.5 Å². The number of hydrogen-bond acceptors (Lipinski definition) is 9. The zero-order chi connectivity index (χ0) is 94.4. The molecule has 29 rings (SSSR count). The molecule has 0 N–H and O–H groups in total. The third-order valence-electron chi connectivity index (χ3n) is 28.0. The van der Waals surface area contributed by atoms with E-state index in [0.717, 1.165) is 227 Å². The highest BCUT2D eigenvalue weighted by molar-refractivity contribution is 6.21. The quantitative estimate of drug-likeness (QED) is 0.110. The average Bonchev–Trinajstić information content (AvgIpc) is 1.72. The van der Waals surface area contributed by atoms with Crippen molar-refractivity contribution >= 4 is 153 Å². The van der Waals surface area contributed by atoms with Crippen molar-refractivity contribution in [3.8, 4) is 134 Å². The zero-order valence-corrected chi connectivity index (χ0v) is 77.3. The fraction of sp³-hybridized carbons (Fsp3) is 0. The molecule has 9 nitrogen and oxygen atoms in total. The number of fused-ring (bicyclic) bond motifs is 20. The van der Waals surface area contributed by atoms with Crippen molar-refractivity contribution in [2.75, 3.05) is 0 Å². The van der Waals surface area contributed by atoms with E-state index in [-0.39, 0.29) is 0 Å². The van der Waals surface area contributed by atoms with Crippen molar-refractivity contribution in [2.45, 2.75) is 0 Å². The van der Waals surface area contributed by atoms with Crippen LogP contribution in [0.25, 0.3) is 287 Å². The van der Waals surface area contributed by atoms with Crippen molar-refractivity contribution in [1.29, 1.82) is 0 Å². The fourth-order valence-electron chi connectivity index (χ4n) is 21.4. The maximum atomic E-state index is 6.27.